The first-order chi connectivity index (χ1) is 17.4. The van der Waals surface area contributed by atoms with Crippen molar-refractivity contribution in [3.05, 3.63) is 93.8 Å². The maximum atomic E-state index is 14.4. The van der Waals surface area contributed by atoms with Gasteiger partial charge in [-0.25, -0.2) is 19.2 Å². The van der Waals surface area contributed by atoms with Crippen molar-refractivity contribution in [1.82, 2.24) is 24.0 Å². The number of aromatic nitrogens is 4. The van der Waals surface area contributed by atoms with Crippen LogP contribution in [0.3, 0.4) is 0 Å². The van der Waals surface area contributed by atoms with Crippen molar-refractivity contribution in [3.63, 3.8) is 0 Å². The molecule has 0 amide bonds. The van der Waals surface area contributed by atoms with E-state index >= 15 is 0 Å². The first kappa shape index (κ1) is 22.7. The van der Waals surface area contributed by atoms with Gasteiger partial charge < -0.3 is 14.2 Å². The summed E-state index contributed by atoms with van der Waals surface area (Å²) in [5, 5.41) is 9.70. The van der Waals surface area contributed by atoms with Gasteiger partial charge >= 0.3 is 5.97 Å². The first-order valence-electron chi connectivity index (χ1n) is 11.7. The average molecular weight is 504 g/mol. The predicted molar refractivity (Wildman–Crippen MR) is 136 cm³/mol. The van der Waals surface area contributed by atoms with E-state index in [4.69, 9.17) is 21.6 Å². The van der Waals surface area contributed by atoms with Crippen LogP contribution in [0, 0.1) is 5.82 Å². The van der Waals surface area contributed by atoms with Crippen molar-refractivity contribution in [2.24, 2.45) is 7.05 Å². The Hall–Kier alpha value is -3.75. The summed E-state index contributed by atoms with van der Waals surface area (Å²) in [4.78, 5) is 23.3. The van der Waals surface area contributed by atoms with Crippen molar-refractivity contribution in [3.8, 4) is 0 Å². The van der Waals surface area contributed by atoms with Crippen LogP contribution < -0.4 is 0 Å². The number of carboxylic acids is 1. The molecule has 6 rings (SSSR count). The van der Waals surface area contributed by atoms with Crippen molar-refractivity contribution in [1.29, 1.82) is 0 Å². The quantitative estimate of drug-likeness (QED) is 0.364. The van der Waals surface area contributed by atoms with Crippen LogP contribution in [0.2, 0.25) is 5.02 Å². The molecule has 0 fully saturated rings. The Bertz CT molecular complexity index is 1660. The highest BCUT2D eigenvalue weighted by Gasteiger charge is 2.23. The van der Waals surface area contributed by atoms with Crippen LogP contribution in [0.25, 0.3) is 22.1 Å². The Balaban J connectivity index is 1.27. The molecule has 9 heteroatoms. The molecule has 2 aromatic heterocycles. The molecule has 0 spiro atoms. The van der Waals surface area contributed by atoms with Crippen LogP contribution in [0.5, 0.6) is 0 Å². The standard InChI is InChI=1S/C27H23ClFN5O2/c1-32-23-12-18(27(35)36)6-8-21(23)30-24(32)14-33-9-10-34-22-4-2-3-17(26(22)31-25(34)15-33)11-16-5-7-19(28)13-20(16)29/h2-8,12-13H,9-11,14-15H2,1H3,(H,35,36). The number of benzene rings is 3. The second-order valence-corrected chi connectivity index (χ2v) is 9.62. The number of imidazole rings is 2. The molecule has 5 aromatic rings. The highest BCUT2D eigenvalue weighted by atomic mass is 35.5. The zero-order valence-corrected chi connectivity index (χ0v) is 20.3. The molecular weight excluding hydrogens is 481 g/mol. The molecule has 0 atom stereocenters. The Morgan fingerprint density at radius 2 is 1.92 bits per heavy atom. The Kier molecular flexibility index (Phi) is 5.50. The van der Waals surface area contributed by atoms with Crippen molar-refractivity contribution in [2.45, 2.75) is 26.1 Å². The summed E-state index contributed by atoms with van der Waals surface area (Å²) in [6, 6.07) is 15.8. The van der Waals surface area contributed by atoms with Crippen molar-refractivity contribution in [2.75, 3.05) is 6.54 Å². The lowest BCUT2D eigenvalue weighted by molar-refractivity contribution is 0.0697. The van der Waals surface area contributed by atoms with Gasteiger partial charge in [0.2, 0.25) is 0 Å². The van der Waals surface area contributed by atoms with Gasteiger partial charge in [0.25, 0.3) is 0 Å². The summed E-state index contributed by atoms with van der Waals surface area (Å²) < 4.78 is 18.6. The number of aromatic carboxylic acids is 1. The normalized spacial score (nSPS) is 14.0. The fourth-order valence-electron chi connectivity index (χ4n) is 5.01. The second-order valence-electron chi connectivity index (χ2n) is 9.18. The monoisotopic (exact) mass is 503 g/mol. The molecule has 0 radical (unpaired) electrons. The molecule has 182 valence electrons. The summed E-state index contributed by atoms with van der Waals surface area (Å²) in [6.07, 6.45) is 0.443. The van der Waals surface area contributed by atoms with Gasteiger partial charge in [0, 0.05) is 31.6 Å². The number of halogens is 2. The molecule has 0 aliphatic carbocycles. The summed E-state index contributed by atoms with van der Waals surface area (Å²) in [7, 11) is 1.91. The fourth-order valence-corrected chi connectivity index (χ4v) is 5.16. The minimum atomic E-state index is -0.951. The highest BCUT2D eigenvalue weighted by Crippen LogP contribution is 2.27. The van der Waals surface area contributed by atoms with E-state index in [0.29, 0.717) is 30.1 Å². The zero-order chi connectivity index (χ0) is 25.0. The third kappa shape index (κ3) is 3.92. The number of rotatable bonds is 5. The minimum Gasteiger partial charge on any atom is -0.478 e. The summed E-state index contributed by atoms with van der Waals surface area (Å²) in [6.45, 7) is 2.91. The Morgan fingerprint density at radius 3 is 2.72 bits per heavy atom. The van der Waals surface area contributed by atoms with Gasteiger partial charge in [0.15, 0.2) is 0 Å². The summed E-state index contributed by atoms with van der Waals surface area (Å²) in [5.41, 5.74) is 5.35. The number of para-hydroxylation sites is 1. The maximum absolute atomic E-state index is 14.4. The topological polar surface area (TPSA) is 76.2 Å². The van der Waals surface area contributed by atoms with Crippen molar-refractivity contribution >= 4 is 39.6 Å². The molecule has 3 heterocycles. The molecule has 1 aliphatic rings. The van der Waals surface area contributed by atoms with E-state index in [9.17, 15) is 14.3 Å². The number of hydrogen-bond acceptors (Lipinski definition) is 4. The molecule has 0 saturated carbocycles. The van der Waals surface area contributed by atoms with Gasteiger partial charge in [0.1, 0.15) is 17.5 Å². The van der Waals surface area contributed by atoms with Gasteiger partial charge in [0.05, 0.1) is 40.7 Å². The van der Waals surface area contributed by atoms with Crippen LogP contribution >= 0.6 is 11.6 Å². The number of carbonyl (C=O) groups is 1. The molecule has 0 bridgehead atoms. The van der Waals surface area contributed by atoms with Crippen LogP contribution in [0.4, 0.5) is 4.39 Å². The van der Waals surface area contributed by atoms with Crippen LogP contribution in [-0.4, -0.2) is 41.6 Å². The van der Waals surface area contributed by atoms with Crippen LogP contribution in [-0.2, 0) is 33.1 Å². The van der Waals surface area contributed by atoms with E-state index in [1.54, 1.807) is 30.3 Å². The molecular formula is C27H23ClFN5O2. The third-order valence-electron chi connectivity index (χ3n) is 6.93. The first-order valence-corrected chi connectivity index (χ1v) is 12.1. The van der Waals surface area contributed by atoms with E-state index in [0.717, 1.165) is 52.4 Å². The fraction of sp³-hybridized carbons (Fsp3) is 0.222. The summed E-state index contributed by atoms with van der Waals surface area (Å²) >= 11 is 5.92. The summed E-state index contributed by atoms with van der Waals surface area (Å²) in [5.74, 6) is 0.573. The largest absolute Gasteiger partial charge is 0.478 e. The SMILES string of the molecule is Cn1c(CN2CCn3c(nc4c(Cc5ccc(Cl)cc5F)cccc43)C2)nc2ccc(C(=O)O)cc21. The van der Waals surface area contributed by atoms with Crippen LogP contribution in [0.1, 0.15) is 33.1 Å². The average Bonchev–Trinajstić information content (AvgIpc) is 3.38. The molecule has 0 saturated heterocycles. The van der Waals surface area contributed by atoms with Gasteiger partial charge in [-0.3, -0.25) is 4.90 Å². The maximum Gasteiger partial charge on any atom is 0.335 e. The van der Waals surface area contributed by atoms with Gasteiger partial charge in [-0.05, 0) is 47.5 Å². The van der Waals surface area contributed by atoms with E-state index in [1.165, 1.54) is 6.07 Å². The Morgan fingerprint density at radius 1 is 1.06 bits per heavy atom. The lowest BCUT2D eigenvalue weighted by atomic mass is 10.0. The van der Waals surface area contributed by atoms with E-state index in [2.05, 4.69) is 15.5 Å². The molecule has 7 nitrogen and oxygen atoms in total. The molecule has 0 unspecified atom stereocenters. The number of hydrogen-bond donors (Lipinski definition) is 1. The minimum absolute atomic E-state index is 0.248. The van der Waals surface area contributed by atoms with Gasteiger partial charge in [-0.1, -0.05) is 29.8 Å². The molecule has 36 heavy (non-hydrogen) atoms. The van der Waals surface area contributed by atoms with E-state index in [-0.39, 0.29) is 11.4 Å². The lowest BCUT2D eigenvalue weighted by Gasteiger charge is -2.27. The molecule has 1 aliphatic heterocycles. The number of nitrogens with zero attached hydrogens (tertiary/aromatic N) is 5. The second kappa shape index (κ2) is 8.72. The van der Waals surface area contributed by atoms with Gasteiger partial charge in [-0.15, -0.1) is 0 Å². The molecule has 1 N–H and O–H groups in total. The van der Waals surface area contributed by atoms with Crippen molar-refractivity contribution < 1.29 is 14.3 Å². The highest BCUT2D eigenvalue weighted by molar-refractivity contribution is 6.30. The Labute approximate surface area is 211 Å². The molecule has 3 aromatic carbocycles. The van der Waals surface area contributed by atoms with E-state index < -0.39 is 5.97 Å². The number of carboxylic acid groups (broad SMARTS) is 1. The predicted octanol–water partition coefficient (Wildman–Crippen LogP) is 5.02. The lowest BCUT2D eigenvalue weighted by Crippen LogP contribution is -2.34. The van der Waals surface area contributed by atoms with Crippen LogP contribution in [0.15, 0.2) is 54.6 Å². The number of aryl methyl sites for hydroxylation is 1. The smallest absolute Gasteiger partial charge is 0.335 e. The van der Waals surface area contributed by atoms with E-state index in [1.807, 2.05) is 23.7 Å². The third-order valence-corrected chi connectivity index (χ3v) is 7.16. The zero-order valence-electron chi connectivity index (χ0n) is 19.6. The number of fused-ring (bicyclic) bond motifs is 4. The van der Waals surface area contributed by atoms with Gasteiger partial charge in [-0.2, -0.15) is 0 Å².